The second-order valence-electron chi connectivity index (χ2n) is 6.35. The molecule has 0 spiro atoms. The van der Waals surface area contributed by atoms with Crippen molar-refractivity contribution in [2.75, 3.05) is 0 Å². The van der Waals surface area contributed by atoms with Crippen molar-refractivity contribution in [2.45, 2.75) is 32.4 Å². The van der Waals surface area contributed by atoms with Gasteiger partial charge in [-0.05, 0) is 44.0 Å². The van der Waals surface area contributed by atoms with Gasteiger partial charge in [0.25, 0.3) is 5.91 Å². The lowest BCUT2D eigenvalue weighted by Crippen LogP contribution is -2.32. The summed E-state index contributed by atoms with van der Waals surface area (Å²) < 4.78 is 13.6. The van der Waals surface area contributed by atoms with Crippen molar-refractivity contribution in [1.82, 2.24) is 15.1 Å². The zero-order chi connectivity index (χ0) is 17.4. The van der Waals surface area contributed by atoms with E-state index in [1.54, 1.807) is 23.5 Å². The van der Waals surface area contributed by atoms with E-state index in [1.165, 1.54) is 28.1 Å². The molecule has 1 aliphatic carbocycles. The number of hydrogen-bond acceptors (Lipinski definition) is 3. The SMILES string of the molecule is Cc1ccc(CN(C(=O)c2cn[nH]c2-c2cccc(F)c2)C2CC2)s1. The maximum atomic E-state index is 13.6. The minimum atomic E-state index is -0.335. The Morgan fingerprint density at radius 1 is 1.36 bits per heavy atom. The van der Waals surface area contributed by atoms with Crippen LogP contribution in [0.2, 0.25) is 0 Å². The molecule has 2 heterocycles. The van der Waals surface area contributed by atoms with E-state index in [4.69, 9.17) is 0 Å². The van der Waals surface area contributed by atoms with Gasteiger partial charge >= 0.3 is 0 Å². The maximum Gasteiger partial charge on any atom is 0.258 e. The highest BCUT2D eigenvalue weighted by Crippen LogP contribution is 2.33. The third kappa shape index (κ3) is 3.35. The molecule has 128 valence electrons. The summed E-state index contributed by atoms with van der Waals surface area (Å²) in [5, 5.41) is 6.88. The number of H-pyrrole nitrogens is 1. The average Bonchev–Trinajstić information content (AvgIpc) is 3.16. The van der Waals surface area contributed by atoms with Crippen LogP contribution in [0.5, 0.6) is 0 Å². The van der Waals surface area contributed by atoms with Crippen LogP contribution >= 0.6 is 11.3 Å². The molecular formula is C19H18FN3OS. The number of halogens is 1. The molecule has 1 fully saturated rings. The fraction of sp³-hybridized carbons (Fsp3) is 0.263. The molecule has 0 radical (unpaired) electrons. The fourth-order valence-corrected chi connectivity index (χ4v) is 3.85. The summed E-state index contributed by atoms with van der Waals surface area (Å²) in [4.78, 5) is 17.5. The van der Waals surface area contributed by atoms with Crippen molar-refractivity contribution in [3.05, 3.63) is 63.7 Å². The van der Waals surface area contributed by atoms with Crippen LogP contribution in [-0.4, -0.2) is 27.0 Å². The molecule has 0 aliphatic heterocycles. The Balaban J connectivity index is 1.64. The Morgan fingerprint density at radius 2 is 2.20 bits per heavy atom. The summed E-state index contributed by atoms with van der Waals surface area (Å²) in [6.07, 6.45) is 3.60. The van der Waals surface area contributed by atoms with Gasteiger partial charge < -0.3 is 4.90 Å². The number of carbonyl (C=O) groups excluding carboxylic acids is 1. The summed E-state index contributed by atoms with van der Waals surface area (Å²) in [6.45, 7) is 2.67. The molecular weight excluding hydrogens is 337 g/mol. The second-order valence-corrected chi connectivity index (χ2v) is 7.72. The van der Waals surface area contributed by atoms with Gasteiger partial charge in [0, 0.05) is 21.4 Å². The third-order valence-corrected chi connectivity index (χ3v) is 5.34. The van der Waals surface area contributed by atoms with Crippen LogP contribution < -0.4 is 0 Å². The third-order valence-electron chi connectivity index (χ3n) is 4.35. The number of aryl methyl sites for hydroxylation is 1. The number of carbonyl (C=O) groups is 1. The topological polar surface area (TPSA) is 49.0 Å². The summed E-state index contributed by atoms with van der Waals surface area (Å²) in [7, 11) is 0. The number of hydrogen-bond donors (Lipinski definition) is 1. The molecule has 1 aliphatic rings. The minimum Gasteiger partial charge on any atom is -0.330 e. The van der Waals surface area contributed by atoms with Gasteiger partial charge in [-0.15, -0.1) is 11.3 Å². The number of aromatic amines is 1. The van der Waals surface area contributed by atoms with E-state index in [0.717, 1.165) is 12.8 Å². The molecule has 6 heteroatoms. The van der Waals surface area contributed by atoms with Crippen LogP contribution in [0.15, 0.2) is 42.6 Å². The highest BCUT2D eigenvalue weighted by atomic mass is 32.1. The Kier molecular flexibility index (Phi) is 4.13. The summed E-state index contributed by atoms with van der Waals surface area (Å²) in [5.74, 6) is -0.389. The van der Waals surface area contributed by atoms with Crippen molar-refractivity contribution in [3.63, 3.8) is 0 Å². The summed E-state index contributed by atoms with van der Waals surface area (Å²) in [6, 6.07) is 10.6. The first-order valence-corrected chi connectivity index (χ1v) is 9.09. The Bertz CT molecular complexity index is 913. The molecule has 25 heavy (non-hydrogen) atoms. The van der Waals surface area contributed by atoms with Gasteiger partial charge in [0.2, 0.25) is 0 Å². The van der Waals surface area contributed by atoms with E-state index in [0.29, 0.717) is 23.4 Å². The molecule has 0 unspecified atom stereocenters. The lowest BCUT2D eigenvalue weighted by molar-refractivity contribution is 0.0732. The summed E-state index contributed by atoms with van der Waals surface area (Å²) >= 11 is 1.71. The van der Waals surface area contributed by atoms with Crippen molar-refractivity contribution in [1.29, 1.82) is 0 Å². The Morgan fingerprint density at radius 3 is 2.88 bits per heavy atom. The first-order chi connectivity index (χ1) is 12.1. The molecule has 4 rings (SSSR count). The smallest absolute Gasteiger partial charge is 0.258 e. The van der Waals surface area contributed by atoms with Crippen LogP contribution in [0, 0.1) is 12.7 Å². The highest BCUT2D eigenvalue weighted by Gasteiger charge is 2.34. The monoisotopic (exact) mass is 355 g/mol. The molecule has 0 atom stereocenters. The fourth-order valence-electron chi connectivity index (χ4n) is 2.96. The second kappa shape index (κ2) is 6.44. The van der Waals surface area contributed by atoms with Gasteiger partial charge in [-0.3, -0.25) is 9.89 Å². The average molecular weight is 355 g/mol. The highest BCUT2D eigenvalue weighted by molar-refractivity contribution is 7.11. The van der Waals surface area contributed by atoms with Crippen LogP contribution in [0.4, 0.5) is 4.39 Å². The lowest BCUT2D eigenvalue weighted by atomic mass is 10.1. The van der Waals surface area contributed by atoms with Gasteiger partial charge in [0.15, 0.2) is 0 Å². The van der Waals surface area contributed by atoms with Gasteiger partial charge in [-0.25, -0.2) is 4.39 Å². The number of rotatable bonds is 5. The molecule has 0 bridgehead atoms. The summed E-state index contributed by atoms with van der Waals surface area (Å²) in [5.41, 5.74) is 1.69. The first kappa shape index (κ1) is 16.0. The number of aromatic nitrogens is 2. The molecule has 1 aromatic carbocycles. The molecule has 1 saturated carbocycles. The van der Waals surface area contributed by atoms with Gasteiger partial charge in [0.05, 0.1) is 24.0 Å². The van der Waals surface area contributed by atoms with Gasteiger partial charge in [-0.2, -0.15) is 5.10 Å². The Labute approximate surface area is 149 Å². The van der Waals surface area contributed by atoms with Crippen LogP contribution in [-0.2, 0) is 6.54 Å². The number of nitrogens with zero attached hydrogens (tertiary/aromatic N) is 2. The van der Waals surface area contributed by atoms with Gasteiger partial charge in [0.1, 0.15) is 5.82 Å². The predicted molar refractivity (Wildman–Crippen MR) is 95.9 cm³/mol. The maximum absolute atomic E-state index is 13.6. The zero-order valence-corrected chi connectivity index (χ0v) is 14.6. The number of benzene rings is 1. The first-order valence-electron chi connectivity index (χ1n) is 8.27. The molecule has 1 N–H and O–H groups in total. The largest absolute Gasteiger partial charge is 0.330 e. The minimum absolute atomic E-state index is 0.0541. The molecule has 2 aromatic heterocycles. The van der Waals surface area contributed by atoms with E-state index in [-0.39, 0.29) is 17.8 Å². The molecule has 4 nitrogen and oxygen atoms in total. The van der Waals surface area contributed by atoms with E-state index < -0.39 is 0 Å². The van der Waals surface area contributed by atoms with Crippen molar-refractivity contribution >= 4 is 17.2 Å². The van der Waals surface area contributed by atoms with E-state index in [1.807, 2.05) is 4.90 Å². The van der Waals surface area contributed by atoms with Crippen molar-refractivity contribution in [3.8, 4) is 11.3 Å². The van der Waals surface area contributed by atoms with Crippen LogP contribution in [0.1, 0.15) is 33.0 Å². The van der Waals surface area contributed by atoms with E-state index >= 15 is 0 Å². The molecule has 0 saturated heterocycles. The standard InChI is InChI=1S/C19H18FN3OS/c1-12-5-8-16(25-12)11-23(15-6-7-15)19(24)17-10-21-22-18(17)13-3-2-4-14(20)9-13/h2-5,8-10,15H,6-7,11H2,1H3,(H,21,22). The number of nitrogens with one attached hydrogen (secondary N) is 1. The van der Waals surface area contributed by atoms with E-state index in [9.17, 15) is 9.18 Å². The predicted octanol–water partition coefficient (Wildman–Crippen LogP) is 4.39. The number of amides is 1. The molecule has 3 aromatic rings. The zero-order valence-electron chi connectivity index (χ0n) is 13.8. The van der Waals surface area contributed by atoms with Gasteiger partial charge in [-0.1, -0.05) is 12.1 Å². The number of thiophene rings is 1. The van der Waals surface area contributed by atoms with E-state index in [2.05, 4.69) is 29.3 Å². The lowest BCUT2D eigenvalue weighted by Gasteiger charge is -2.21. The molecule has 1 amide bonds. The Hall–Kier alpha value is -2.47. The van der Waals surface area contributed by atoms with Crippen molar-refractivity contribution < 1.29 is 9.18 Å². The normalized spacial score (nSPS) is 13.8. The van der Waals surface area contributed by atoms with Crippen molar-refractivity contribution in [2.24, 2.45) is 0 Å². The van der Waals surface area contributed by atoms with Crippen LogP contribution in [0.25, 0.3) is 11.3 Å². The van der Waals surface area contributed by atoms with Crippen LogP contribution in [0.3, 0.4) is 0 Å². The quantitative estimate of drug-likeness (QED) is 0.738.